The number of carbonyl (C=O) groups is 1. The number of aromatic nitrogens is 2. The minimum Gasteiger partial charge on any atom is -0.303 e. The van der Waals surface area contributed by atoms with Crippen molar-refractivity contribution in [3.05, 3.63) is 35.9 Å². The van der Waals surface area contributed by atoms with Crippen LogP contribution in [-0.2, 0) is 9.84 Å². The first kappa shape index (κ1) is 12.3. The van der Waals surface area contributed by atoms with Gasteiger partial charge >= 0.3 is 0 Å². The van der Waals surface area contributed by atoms with Crippen LogP contribution in [0.25, 0.3) is 5.52 Å². The number of carbonyl (C=O) groups excluding carboxylic acids is 1. The summed E-state index contributed by atoms with van der Waals surface area (Å²) in [4.78, 5) is 15.1. The lowest BCUT2D eigenvalue weighted by Crippen LogP contribution is -2.23. The van der Waals surface area contributed by atoms with Crippen molar-refractivity contribution in [2.24, 2.45) is 0 Å². The van der Waals surface area contributed by atoms with Gasteiger partial charge in [0.15, 0.2) is 0 Å². The molecule has 6 heteroatoms. The molecule has 19 heavy (non-hydrogen) atoms. The molecular weight excluding hydrogens is 264 g/mol. The molecule has 0 atom stereocenters. The lowest BCUT2D eigenvalue weighted by Gasteiger charge is -2.20. The first-order valence-electron chi connectivity index (χ1n) is 6.22. The third kappa shape index (κ3) is 2.28. The van der Waals surface area contributed by atoms with E-state index in [1.54, 1.807) is 18.3 Å². The lowest BCUT2D eigenvalue weighted by atomic mass is 10.0. The summed E-state index contributed by atoms with van der Waals surface area (Å²) in [6.07, 6.45) is 5.60. The molecule has 3 heterocycles. The van der Waals surface area contributed by atoms with E-state index in [1.807, 2.05) is 10.6 Å². The van der Waals surface area contributed by atoms with Crippen molar-refractivity contribution in [1.29, 1.82) is 0 Å². The van der Waals surface area contributed by atoms with Gasteiger partial charge in [-0.2, -0.15) is 0 Å². The largest absolute Gasteiger partial charge is 0.303 e. The molecule has 5 nitrogen and oxygen atoms in total. The smallest absolute Gasteiger partial charge is 0.150 e. The highest BCUT2D eigenvalue weighted by atomic mass is 32.2. The SMILES string of the molecule is O=Cc1ccn2c(C3CCS(=O)(=O)CC3)ncc2c1. The lowest BCUT2D eigenvalue weighted by molar-refractivity contribution is 0.112. The summed E-state index contributed by atoms with van der Waals surface area (Å²) in [6, 6.07) is 3.52. The van der Waals surface area contributed by atoms with Crippen LogP contribution in [0.15, 0.2) is 24.5 Å². The van der Waals surface area contributed by atoms with Gasteiger partial charge in [-0.25, -0.2) is 13.4 Å². The third-order valence-corrected chi connectivity index (χ3v) is 5.36. The van der Waals surface area contributed by atoms with Gasteiger partial charge in [-0.1, -0.05) is 0 Å². The number of nitrogens with zero attached hydrogens (tertiary/aromatic N) is 2. The van der Waals surface area contributed by atoms with E-state index in [9.17, 15) is 13.2 Å². The van der Waals surface area contributed by atoms with Gasteiger partial charge in [0.1, 0.15) is 21.9 Å². The summed E-state index contributed by atoms with van der Waals surface area (Å²) in [5.74, 6) is 1.54. The molecule has 0 unspecified atom stereocenters. The summed E-state index contributed by atoms with van der Waals surface area (Å²) >= 11 is 0. The van der Waals surface area contributed by atoms with Crippen molar-refractivity contribution in [3.8, 4) is 0 Å². The van der Waals surface area contributed by atoms with E-state index in [4.69, 9.17) is 0 Å². The minimum absolute atomic E-state index is 0.174. The molecule has 0 aromatic carbocycles. The van der Waals surface area contributed by atoms with Crippen LogP contribution in [0.1, 0.15) is 34.9 Å². The Labute approximate surface area is 111 Å². The predicted molar refractivity (Wildman–Crippen MR) is 71.2 cm³/mol. The third-order valence-electron chi connectivity index (χ3n) is 3.64. The van der Waals surface area contributed by atoms with E-state index in [-0.39, 0.29) is 17.4 Å². The molecular formula is C13H14N2O3S. The highest BCUT2D eigenvalue weighted by Crippen LogP contribution is 2.28. The van der Waals surface area contributed by atoms with Gasteiger partial charge in [0, 0.05) is 17.7 Å². The summed E-state index contributed by atoms with van der Waals surface area (Å²) in [5.41, 5.74) is 1.48. The van der Waals surface area contributed by atoms with Crippen LogP contribution in [0.5, 0.6) is 0 Å². The Hall–Kier alpha value is -1.69. The molecule has 0 aliphatic carbocycles. The van der Waals surface area contributed by atoms with Crippen LogP contribution >= 0.6 is 0 Å². The molecule has 0 N–H and O–H groups in total. The molecule has 0 saturated carbocycles. The molecule has 1 aliphatic rings. The van der Waals surface area contributed by atoms with Gasteiger partial charge in [0.2, 0.25) is 0 Å². The molecule has 0 bridgehead atoms. The minimum atomic E-state index is -2.85. The van der Waals surface area contributed by atoms with Gasteiger partial charge in [-0.05, 0) is 25.0 Å². The average molecular weight is 278 g/mol. The first-order valence-corrected chi connectivity index (χ1v) is 8.04. The molecule has 1 saturated heterocycles. The summed E-state index contributed by atoms with van der Waals surface area (Å²) in [7, 11) is -2.85. The maximum Gasteiger partial charge on any atom is 0.150 e. The van der Waals surface area contributed by atoms with Crippen LogP contribution < -0.4 is 0 Å². The quantitative estimate of drug-likeness (QED) is 0.779. The number of hydrogen-bond donors (Lipinski definition) is 0. The fourth-order valence-electron chi connectivity index (χ4n) is 2.56. The van der Waals surface area contributed by atoms with Crippen molar-refractivity contribution >= 4 is 21.6 Å². The van der Waals surface area contributed by atoms with Crippen LogP contribution in [0, 0.1) is 0 Å². The molecule has 1 aliphatic heterocycles. The summed E-state index contributed by atoms with van der Waals surface area (Å²) < 4.78 is 24.8. The number of aldehydes is 1. The van der Waals surface area contributed by atoms with Crippen molar-refractivity contribution in [1.82, 2.24) is 9.38 Å². The normalized spacial score (nSPS) is 19.6. The molecule has 2 aromatic rings. The maximum atomic E-state index is 11.4. The van der Waals surface area contributed by atoms with Crippen molar-refractivity contribution in [2.45, 2.75) is 18.8 Å². The standard InChI is InChI=1S/C13H14N2O3S/c16-9-10-1-4-15-12(7-10)8-14-13(15)11-2-5-19(17,18)6-3-11/h1,4,7-9,11H,2-3,5-6H2. The van der Waals surface area contributed by atoms with Gasteiger partial charge in [-0.15, -0.1) is 0 Å². The fourth-order valence-corrected chi connectivity index (χ4v) is 4.05. The topological polar surface area (TPSA) is 68.5 Å². The second-order valence-corrected chi connectivity index (χ2v) is 7.22. The maximum absolute atomic E-state index is 11.4. The number of hydrogen-bond acceptors (Lipinski definition) is 4. The van der Waals surface area contributed by atoms with Crippen LogP contribution in [0.3, 0.4) is 0 Å². The van der Waals surface area contributed by atoms with Gasteiger partial charge in [-0.3, -0.25) is 4.79 Å². The molecule has 100 valence electrons. The Balaban J connectivity index is 1.96. The summed E-state index contributed by atoms with van der Waals surface area (Å²) in [6.45, 7) is 0. The Kier molecular flexibility index (Phi) is 2.89. The van der Waals surface area contributed by atoms with Gasteiger partial charge < -0.3 is 4.40 Å². The Morgan fingerprint density at radius 1 is 1.32 bits per heavy atom. The van der Waals surface area contributed by atoms with E-state index in [2.05, 4.69) is 4.98 Å². The zero-order chi connectivity index (χ0) is 13.5. The number of imidazole rings is 1. The molecule has 1 fully saturated rings. The van der Waals surface area contributed by atoms with E-state index in [1.165, 1.54) is 0 Å². The number of rotatable bonds is 2. The predicted octanol–water partition coefficient (Wildman–Crippen LogP) is 1.44. The number of fused-ring (bicyclic) bond motifs is 1. The van der Waals surface area contributed by atoms with Gasteiger partial charge in [0.25, 0.3) is 0 Å². The molecule has 0 radical (unpaired) electrons. The fraction of sp³-hybridized carbons (Fsp3) is 0.385. The second kappa shape index (κ2) is 4.45. The van der Waals surface area contributed by atoms with Crippen molar-refractivity contribution < 1.29 is 13.2 Å². The zero-order valence-corrected chi connectivity index (χ0v) is 11.1. The highest BCUT2D eigenvalue weighted by Gasteiger charge is 2.27. The molecule has 0 amide bonds. The number of pyridine rings is 1. The monoisotopic (exact) mass is 278 g/mol. The Bertz CT molecular complexity index is 719. The van der Waals surface area contributed by atoms with E-state index in [0.717, 1.165) is 17.6 Å². The van der Waals surface area contributed by atoms with Crippen LogP contribution in [0.2, 0.25) is 0 Å². The van der Waals surface area contributed by atoms with E-state index < -0.39 is 9.84 Å². The second-order valence-electron chi connectivity index (χ2n) is 4.92. The Morgan fingerprint density at radius 2 is 2.05 bits per heavy atom. The highest BCUT2D eigenvalue weighted by molar-refractivity contribution is 7.91. The number of sulfone groups is 1. The van der Waals surface area contributed by atoms with Gasteiger partial charge in [0.05, 0.1) is 23.2 Å². The van der Waals surface area contributed by atoms with Crippen LogP contribution in [-0.4, -0.2) is 35.6 Å². The first-order chi connectivity index (χ1) is 9.09. The molecule has 2 aromatic heterocycles. The van der Waals surface area contributed by atoms with Crippen molar-refractivity contribution in [3.63, 3.8) is 0 Å². The van der Waals surface area contributed by atoms with Crippen molar-refractivity contribution in [2.75, 3.05) is 11.5 Å². The molecule has 0 spiro atoms. The Morgan fingerprint density at radius 3 is 2.74 bits per heavy atom. The van der Waals surface area contributed by atoms with E-state index >= 15 is 0 Å². The average Bonchev–Trinajstić information content (AvgIpc) is 2.81. The van der Waals surface area contributed by atoms with Crippen LogP contribution in [0.4, 0.5) is 0 Å². The summed E-state index contributed by atoms with van der Waals surface area (Å²) in [5, 5.41) is 0. The van der Waals surface area contributed by atoms with E-state index in [0.29, 0.717) is 18.4 Å². The zero-order valence-electron chi connectivity index (χ0n) is 10.3. The molecule has 3 rings (SSSR count).